The van der Waals surface area contributed by atoms with E-state index < -0.39 is 5.97 Å². The van der Waals surface area contributed by atoms with Crippen molar-refractivity contribution in [3.63, 3.8) is 0 Å². The van der Waals surface area contributed by atoms with E-state index >= 15 is 0 Å². The number of carboxylic acids is 1. The molecule has 1 aliphatic rings. The maximum absolute atomic E-state index is 11.7. The molecule has 1 aromatic heterocycles. The molecule has 1 amide bonds. The number of amides is 1. The lowest BCUT2D eigenvalue weighted by atomic mass is 10.2. The van der Waals surface area contributed by atoms with E-state index in [0.717, 1.165) is 30.8 Å². The molecule has 0 bridgehead atoms. The summed E-state index contributed by atoms with van der Waals surface area (Å²) in [6, 6.07) is 0.514. The van der Waals surface area contributed by atoms with Gasteiger partial charge in [-0.3, -0.25) is 9.59 Å². The lowest BCUT2D eigenvalue weighted by molar-refractivity contribution is -0.137. The van der Waals surface area contributed by atoms with Gasteiger partial charge in [-0.1, -0.05) is 18.2 Å². The first-order valence-electron chi connectivity index (χ1n) is 7.17. The van der Waals surface area contributed by atoms with Gasteiger partial charge >= 0.3 is 5.97 Å². The summed E-state index contributed by atoms with van der Waals surface area (Å²) in [6.07, 6.45) is 6.52. The van der Waals surface area contributed by atoms with Crippen LogP contribution in [0.15, 0.2) is 11.5 Å². The number of carboxylic acid groups (broad SMARTS) is 1. The van der Waals surface area contributed by atoms with E-state index in [1.165, 1.54) is 11.8 Å². The third-order valence-electron chi connectivity index (χ3n) is 3.20. The predicted octanol–water partition coefficient (Wildman–Crippen LogP) is 1.47. The van der Waals surface area contributed by atoms with Gasteiger partial charge in [0.15, 0.2) is 5.16 Å². The molecule has 7 nitrogen and oxygen atoms in total. The molecule has 1 aromatic rings. The van der Waals surface area contributed by atoms with E-state index in [4.69, 9.17) is 5.11 Å². The average Bonchev–Trinajstić information content (AvgIpc) is 3.19. The fourth-order valence-electron chi connectivity index (χ4n) is 1.93. The van der Waals surface area contributed by atoms with E-state index in [1.54, 1.807) is 6.33 Å². The summed E-state index contributed by atoms with van der Waals surface area (Å²) < 4.78 is 2.03. The minimum Gasteiger partial charge on any atom is -0.481 e. The van der Waals surface area contributed by atoms with Crippen molar-refractivity contribution < 1.29 is 14.7 Å². The van der Waals surface area contributed by atoms with Crippen LogP contribution in [0.5, 0.6) is 0 Å². The molecule has 2 N–H and O–H groups in total. The Bertz CT molecular complexity index is 488. The van der Waals surface area contributed by atoms with E-state index in [1.807, 2.05) is 4.57 Å². The van der Waals surface area contributed by atoms with Crippen LogP contribution >= 0.6 is 11.8 Å². The molecule has 0 saturated heterocycles. The Hall–Kier alpha value is -1.57. The van der Waals surface area contributed by atoms with Crippen LogP contribution in [0.2, 0.25) is 0 Å². The van der Waals surface area contributed by atoms with Crippen molar-refractivity contribution in [2.75, 3.05) is 12.3 Å². The quantitative estimate of drug-likeness (QED) is 0.501. The van der Waals surface area contributed by atoms with Crippen LogP contribution in [-0.4, -0.2) is 44.0 Å². The maximum atomic E-state index is 11.7. The minimum absolute atomic E-state index is 0.0245. The molecule has 1 saturated carbocycles. The molecular weight excluding hydrogens is 292 g/mol. The molecule has 0 atom stereocenters. The normalized spacial score (nSPS) is 14.1. The number of nitrogens with zero attached hydrogens (tertiary/aromatic N) is 3. The number of carbonyl (C=O) groups is 2. The molecule has 1 fully saturated rings. The fraction of sp³-hybridized carbons (Fsp3) is 0.692. The van der Waals surface area contributed by atoms with Gasteiger partial charge in [-0.2, -0.15) is 0 Å². The van der Waals surface area contributed by atoms with Gasteiger partial charge in [0.1, 0.15) is 6.33 Å². The monoisotopic (exact) mass is 312 g/mol. The van der Waals surface area contributed by atoms with Crippen molar-refractivity contribution in [3.8, 4) is 0 Å². The molecule has 0 spiro atoms. The van der Waals surface area contributed by atoms with Crippen molar-refractivity contribution in [2.45, 2.75) is 49.7 Å². The molecule has 2 rings (SSSR count). The second-order valence-electron chi connectivity index (χ2n) is 5.09. The lowest BCUT2D eigenvalue weighted by Crippen LogP contribution is -2.26. The topological polar surface area (TPSA) is 97.1 Å². The number of hydrogen-bond acceptors (Lipinski definition) is 5. The Labute approximate surface area is 127 Å². The third-order valence-corrected chi connectivity index (χ3v) is 4.16. The van der Waals surface area contributed by atoms with Crippen molar-refractivity contribution in [1.82, 2.24) is 20.1 Å². The van der Waals surface area contributed by atoms with Gasteiger partial charge in [0, 0.05) is 19.0 Å². The van der Waals surface area contributed by atoms with E-state index in [-0.39, 0.29) is 12.3 Å². The summed E-state index contributed by atoms with van der Waals surface area (Å²) >= 11 is 1.40. The summed E-state index contributed by atoms with van der Waals surface area (Å²) in [5.41, 5.74) is 0. The Kier molecular flexibility index (Phi) is 6.04. The highest BCUT2D eigenvalue weighted by molar-refractivity contribution is 7.99. The Morgan fingerprint density at radius 1 is 1.38 bits per heavy atom. The lowest BCUT2D eigenvalue weighted by Gasteiger charge is -2.05. The standard InChI is InChI=1S/C13H20N4O3S/c18-11(14-7-3-1-2-4-12(19)20)8-21-13-16-15-9-17(13)10-5-6-10/h9-10H,1-8H2,(H,14,18)(H,19,20). The summed E-state index contributed by atoms with van der Waals surface area (Å²) in [5.74, 6) is -0.459. The van der Waals surface area contributed by atoms with Crippen molar-refractivity contribution in [2.24, 2.45) is 0 Å². The summed E-state index contributed by atoms with van der Waals surface area (Å²) in [5, 5.41) is 20.0. The summed E-state index contributed by atoms with van der Waals surface area (Å²) in [7, 11) is 0. The van der Waals surface area contributed by atoms with Crippen LogP contribution in [0, 0.1) is 0 Å². The molecular formula is C13H20N4O3S. The third kappa shape index (κ3) is 5.74. The van der Waals surface area contributed by atoms with Gasteiger partial charge in [-0.05, 0) is 25.7 Å². The fourth-order valence-corrected chi connectivity index (χ4v) is 2.74. The molecule has 116 valence electrons. The molecule has 1 heterocycles. The number of unbranched alkanes of at least 4 members (excludes halogenated alkanes) is 2. The zero-order chi connectivity index (χ0) is 15.1. The van der Waals surface area contributed by atoms with Crippen LogP contribution in [-0.2, 0) is 9.59 Å². The van der Waals surface area contributed by atoms with Crippen molar-refractivity contribution >= 4 is 23.6 Å². The highest BCUT2D eigenvalue weighted by Gasteiger charge is 2.26. The number of aromatic nitrogens is 3. The number of nitrogens with one attached hydrogen (secondary N) is 1. The zero-order valence-electron chi connectivity index (χ0n) is 11.8. The molecule has 0 aliphatic heterocycles. The Morgan fingerprint density at radius 3 is 2.90 bits per heavy atom. The second kappa shape index (κ2) is 8.02. The summed E-state index contributed by atoms with van der Waals surface area (Å²) in [4.78, 5) is 22.0. The maximum Gasteiger partial charge on any atom is 0.303 e. The molecule has 21 heavy (non-hydrogen) atoms. The highest BCUT2D eigenvalue weighted by atomic mass is 32.2. The van der Waals surface area contributed by atoms with Gasteiger partial charge < -0.3 is 15.0 Å². The number of thioether (sulfide) groups is 1. The summed E-state index contributed by atoms with van der Waals surface area (Å²) in [6.45, 7) is 0.592. The minimum atomic E-state index is -0.768. The first-order chi connectivity index (χ1) is 10.2. The first-order valence-corrected chi connectivity index (χ1v) is 8.16. The number of aliphatic carboxylic acids is 1. The van der Waals surface area contributed by atoms with Crippen LogP contribution in [0.4, 0.5) is 0 Å². The van der Waals surface area contributed by atoms with Gasteiger partial charge in [-0.15, -0.1) is 10.2 Å². The SMILES string of the molecule is O=C(O)CCCCCNC(=O)CSc1nncn1C1CC1. The predicted molar refractivity (Wildman–Crippen MR) is 78.1 cm³/mol. The van der Waals surface area contributed by atoms with Crippen LogP contribution in [0.3, 0.4) is 0 Å². The van der Waals surface area contributed by atoms with Crippen molar-refractivity contribution in [3.05, 3.63) is 6.33 Å². The number of hydrogen-bond donors (Lipinski definition) is 2. The number of carbonyl (C=O) groups excluding carboxylic acids is 1. The van der Waals surface area contributed by atoms with Crippen molar-refractivity contribution in [1.29, 1.82) is 0 Å². The van der Waals surface area contributed by atoms with Gasteiger partial charge in [0.05, 0.1) is 5.75 Å². The van der Waals surface area contributed by atoms with E-state index in [2.05, 4.69) is 15.5 Å². The van der Waals surface area contributed by atoms with Crippen LogP contribution < -0.4 is 5.32 Å². The van der Waals surface area contributed by atoms with E-state index in [0.29, 0.717) is 24.8 Å². The Balaban J connectivity index is 1.55. The van der Waals surface area contributed by atoms with Gasteiger partial charge in [-0.25, -0.2) is 0 Å². The number of rotatable bonds is 10. The largest absolute Gasteiger partial charge is 0.481 e. The molecule has 8 heteroatoms. The highest BCUT2D eigenvalue weighted by Crippen LogP contribution is 2.37. The van der Waals surface area contributed by atoms with Crippen LogP contribution in [0.1, 0.15) is 44.6 Å². The molecule has 0 radical (unpaired) electrons. The van der Waals surface area contributed by atoms with Gasteiger partial charge in [0.2, 0.25) is 5.91 Å². The van der Waals surface area contributed by atoms with Gasteiger partial charge in [0.25, 0.3) is 0 Å². The Morgan fingerprint density at radius 2 is 2.19 bits per heavy atom. The molecule has 0 aromatic carbocycles. The smallest absolute Gasteiger partial charge is 0.303 e. The first kappa shape index (κ1) is 15.8. The average molecular weight is 312 g/mol. The molecule has 1 aliphatic carbocycles. The molecule has 0 unspecified atom stereocenters. The van der Waals surface area contributed by atoms with E-state index in [9.17, 15) is 9.59 Å². The van der Waals surface area contributed by atoms with Crippen LogP contribution in [0.25, 0.3) is 0 Å². The second-order valence-corrected chi connectivity index (χ2v) is 6.04. The zero-order valence-corrected chi connectivity index (χ0v) is 12.6.